The number of benzene rings is 2. The Morgan fingerprint density at radius 3 is 2.27 bits per heavy atom. The first-order chi connectivity index (χ1) is 16.9. The molecule has 0 aliphatic heterocycles. The number of pyridine rings is 1. The summed E-state index contributed by atoms with van der Waals surface area (Å²) in [6, 6.07) is 11.2. The third kappa shape index (κ3) is 6.09. The van der Waals surface area contributed by atoms with Crippen LogP contribution < -0.4 is 43.7 Å². The SMILES string of the molecule is Cc1c(N(Cc2ccc(OC(F)(F)F)cc2)S(=O)(=O)c2ccc(C(=O)[O-])cc2)ncc2ccn(C)c12.[Na+]. The number of carboxylic acid groups (broad SMARTS) is 1. The maximum Gasteiger partial charge on any atom is 1.00 e. The summed E-state index contributed by atoms with van der Waals surface area (Å²) in [4.78, 5) is 15.3. The van der Waals surface area contributed by atoms with Crippen molar-refractivity contribution in [1.82, 2.24) is 9.55 Å². The number of aryl methyl sites for hydroxylation is 2. The van der Waals surface area contributed by atoms with E-state index in [0.717, 1.165) is 51.6 Å². The number of aromatic carboxylic acids is 1. The van der Waals surface area contributed by atoms with Crippen molar-refractivity contribution in [2.45, 2.75) is 24.7 Å². The molecule has 0 fully saturated rings. The van der Waals surface area contributed by atoms with Gasteiger partial charge >= 0.3 is 35.9 Å². The second kappa shape index (κ2) is 10.7. The second-order valence-corrected chi connectivity index (χ2v) is 9.81. The monoisotopic (exact) mass is 541 g/mol. The molecular weight excluding hydrogens is 522 g/mol. The van der Waals surface area contributed by atoms with Crippen LogP contribution in [0, 0.1) is 6.92 Å². The average molecular weight is 541 g/mol. The number of hydrogen-bond donors (Lipinski definition) is 0. The van der Waals surface area contributed by atoms with Gasteiger partial charge in [0.2, 0.25) is 0 Å². The minimum Gasteiger partial charge on any atom is -0.545 e. The van der Waals surface area contributed by atoms with Gasteiger partial charge in [-0.15, -0.1) is 13.2 Å². The van der Waals surface area contributed by atoms with Crippen LogP contribution in [0.2, 0.25) is 0 Å². The second-order valence-electron chi connectivity index (χ2n) is 7.95. The van der Waals surface area contributed by atoms with Crippen LogP contribution in [0.3, 0.4) is 0 Å². The number of anilines is 1. The number of ether oxygens (including phenoxy) is 1. The molecule has 0 N–H and O–H groups in total. The molecule has 4 aromatic rings. The van der Waals surface area contributed by atoms with E-state index in [1.807, 2.05) is 10.6 Å². The van der Waals surface area contributed by atoms with Crippen molar-refractivity contribution >= 4 is 32.7 Å². The maximum absolute atomic E-state index is 13.7. The number of nitrogens with zero attached hydrogens (tertiary/aromatic N) is 3. The van der Waals surface area contributed by atoms with Crippen LogP contribution in [-0.2, 0) is 23.6 Å². The predicted octanol–water partition coefficient (Wildman–Crippen LogP) is 0.543. The summed E-state index contributed by atoms with van der Waals surface area (Å²) < 4.78 is 71.7. The first kappa shape index (κ1) is 28.5. The van der Waals surface area contributed by atoms with Crippen molar-refractivity contribution < 1.29 is 65.8 Å². The van der Waals surface area contributed by atoms with Crippen molar-refractivity contribution in [2.24, 2.45) is 7.05 Å². The molecule has 0 atom stereocenters. The molecule has 0 amide bonds. The Bertz CT molecular complexity index is 1540. The first-order valence-electron chi connectivity index (χ1n) is 10.5. The summed E-state index contributed by atoms with van der Waals surface area (Å²) in [5.41, 5.74) is 1.49. The number of sulfonamides is 1. The number of rotatable bonds is 7. The molecule has 4 rings (SSSR count). The van der Waals surface area contributed by atoms with Gasteiger partial charge in [0.15, 0.2) is 0 Å². The van der Waals surface area contributed by atoms with Crippen molar-refractivity contribution in [3.63, 3.8) is 0 Å². The molecule has 188 valence electrons. The molecule has 0 bridgehead atoms. The number of fused-ring (bicyclic) bond motifs is 1. The van der Waals surface area contributed by atoms with Gasteiger partial charge in [-0.3, -0.25) is 0 Å². The Balaban J connectivity index is 0.00000380. The zero-order valence-electron chi connectivity index (χ0n) is 20.0. The Labute approximate surface area is 232 Å². The number of halogens is 3. The van der Waals surface area contributed by atoms with E-state index in [-0.39, 0.29) is 52.4 Å². The number of alkyl halides is 3. The number of aromatic nitrogens is 2. The molecule has 0 radical (unpaired) electrons. The van der Waals surface area contributed by atoms with Gasteiger partial charge in [-0.2, -0.15) is 0 Å². The minimum absolute atomic E-state index is 0. The summed E-state index contributed by atoms with van der Waals surface area (Å²) in [5, 5.41) is 11.9. The van der Waals surface area contributed by atoms with Crippen LogP contribution in [0.4, 0.5) is 19.0 Å². The van der Waals surface area contributed by atoms with Gasteiger partial charge in [-0.05, 0) is 48.4 Å². The summed E-state index contributed by atoms with van der Waals surface area (Å²) in [6.45, 7) is 1.45. The Morgan fingerprint density at radius 2 is 1.70 bits per heavy atom. The normalized spacial score (nSPS) is 11.7. The molecule has 2 heterocycles. The molecule has 0 saturated heterocycles. The van der Waals surface area contributed by atoms with E-state index in [9.17, 15) is 31.5 Å². The summed E-state index contributed by atoms with van der Waals surface area (Å²) >= 11 is 0. The zero-order valence-corrected chi connectivity index (χ0v) is 22.8. The zero-order chi connectivity index (χ0) is 26.3. The standard InChI is InChI=1S/C24H20F3N3O5S.Na/c1-15-21-18(11-12-29(21)2)13-28-22(15)30(14-16-3-7-19(8-4-16)35-24(25,26)27)36(33,34)20-9-5-17(6-10-20)23(31)32;/h3-13H,14H2,1-2H3,(H,31,32);/q;+1/p-1. The predicted molar refractivity (Wildman–Crippen MR) is 123 cm³/mol. The molecular formula is C24H19F3N3NaO5S. The number of carbonyl (C=O) groups is 1. The van der Waals surface area contributed by atoms with Gasteiger partial charge in [0.1, 0.15) is 11.6 Å². The van der Waals surface area contributed by atoms with Crippen molar-refractivity contribution in [3.05, 3.63) is 83.7 Å². The largest absolute Gasteiger partial charge is 1.00 e. The van der Waals surface area contributed by atoms with Crippen molar-refractivity contribution in [3.8, 4) is 5.75 Å². The van der Waals surface area contributed by atoms with Crippen LogP contribution in [0.15, 0.2) is 71.9 Å². The Morgan fingerprint density at radius 1 is 1.08 bits per heavy atom. The minimum atomic E-state index is -4.86. The van der Waals surface area contributed by atoms with E-state index in [4.69, 9.17) is 0 Å². The fourth-order valence-corrected chi connectivity index (χ4v) is 5.31. The van der Waals surface area contributed by atoms with E-state index in [0.29, 0.717) is 11.1 Å². The van der Waals surface area contributed by atoms with Gasteiger partial charge in [0.05, 0.1) is 22.9 Å². The fourth-order valence-electron chi connectivity index (χ4n) is 3.85. The van der Waals surface area contributed by atoms with Crippen LogP contribution in [0.25, 0.3) is 10.9 Å². The van der Waals surface area contributed by atoms with Gasteiger partial charge in [-0.25, -0.2) is 17.7 Å². The molecule has 13 heteroatoms. The number of hydrogen-bond acceptors (Lipinski definition) is 6. The molecule has 37 heavy (non-hydrogen) atoms. The van der Waals surface area contributed by atoms with Gasteiger partial charge in [0.25, 0.3) is 10.0 Å². The van der Waals surface area contributed by atoms with E-state index in [2.05, 4.69) is 9.72 Å². The number of carbonyl (C=O) groups excluding carboxylic acids is 1. The molecule has 0 aliphatic carbocycles. The molecule has 2 aromatic carbocycles. The van der Waals surface area contributed by atoms with Gasteiger partial charge in [0, 0.05) is 30.4 Å². The first-order valence-corrected chi connectivity index (χ1v) is 11.9. The molecule has 2 aromatic heterocycles. The number of carboxylic acids is 1. The molecule has 0 saturated carbocycles. The van der Waals surface area contributed by atoms with Gasteiger partial charge in [-0.1, -0.05) is 24.3 Å². The van der Waals surface area contributed by atoms with Crippen LogP contribution in [-0.4, -0.2) is 30.3 Å². The smallest absolute Gasteiger partial charge is 0.545 e. The van der Waals surface area contributed by atoms with Gasteiger partial charge < -0.3 is 19.2 Å². The summed E-state index contributed by atoms with van der Waals surface area (Å²) in [7, 11) is -2.48. The third-order valence-corrected chi connectivity index (χ3v) is 7.27. The fraction of sp³-hybridized carbons (Fsp3) is 0.167. The molecule has 8 nitrogen and oxygen atoms in total. The van der Waals surface area contributed by atoms with Crippen LogP contribution in [0.5, 0.6) is 5.75 Å². The molecule has 0 aliphatic rings. The summed E-state index contributed by atoms with van der Waals surface area (Å²) in [5.74, 6) is -1.79. The van der Waals surface area contributed by atoms with E-state index in [1.54, 1.807) is 20.2 Å². The molecule has 0 spiro atoms. The topological polar surface area (TPSA) is 105 Å². The Hall–Kier alpha value is -3.06. The molecule has 0 unspecified atom stereocenters. The maximum atomic E-state index is 13.7. The quantitative estimate of drug-likeness (QED) is 0.317. The van der Waals surface area contributed by atoms with Crippen molar-refractivity contribution in [1.29, 1.82) is 0 Å². The van der Waals surface area contributed by atoms with E-state index < -0.39 is 28.1 Å². The van der Waals surface area contributed by atoms with Crippen LogP contribution in [0.1, 0.15) is 21.5 Å². The van der Waals surface area contributed by atoms with E-state index >= 15 is 0 Å². The average Bonchev–Trinajstić information content (AvgIpc) is 3.19. The van der Waals surface area contributed by atoms with E-state index in [1.165, 1.54) is 18.3 Å². The Kier molecular flexibility index (Phi) is 8.27. The van der Waals surface area contributed by atoms with Crippen molar-refractivity contribution in [2.75, 3.05) is 4.31 Å². The summed E-state index contributed by atoms with van der Waals surface area (Å²) in [6.07, 6.45) is -1.53. The third-order valence-electron chi connectivity index (χ3n) is 5.52. The van der Waals surface area contributed by atoms with Crippen LogP contribution >= 0.6 is 0 Å².